The lowest BCUT2D eigenvalue weighted by Gasteiger charge is -2.30. The molecule has 1 aliphatic heterocycles. The van der Waals surface area contributed by atoms with Gasteiger partial charge in [-0.15, -0.1) is 0 Å². The number of amides is 1. The lowest BCUT2D eigenvalue weighted by atomic mass is 10.1. The van der Waals surface area contributed by atoms with Crippen molar-refractivity contribution in [3.63, 3.8) is 0 Å². The van der Waals surface area contributed by atoms with E-state index in [9.17, 15) is 13.2 Å². The number of aromatic nitrogens is 2. The van der Waals surface area contributed by atoms with Gasteiger partial charge in [-0.05, 0) is 44.0 Å². The SMILES string of the molecule is Cc1ccccc1CS(=O)(=O)c1ncc(CN(CCN2CCOCC2)C(=O)c2ccccc2)n1C(C)C. The van der Waals surface area contributed by atoms with Crippen molar-refractivity contribution < 1.29 is 17.9 Å². The lowest BCUT2D eigenvalue weighted by Crippen LogP contribution is -2.43. The van der Waals surface area contributed by atoms with Gasteiger partial charge in [0, 0.05) is 37.8 Å². The van der Waals surface area contributed by atoms with Crippen molar-refractivity contribution in [1.82, 2.24) is 19.4 Å². The summed E-state index contributed by atoms with van der Waals surface area (Å²) in [6.07, 6.45) is 1.60. The van der Waals surface area contributed by atoms with Crippen LogP contribution in [0.15, 0.2) is 66.0 Å². The molecule has 1 saturated heterocycles. The predicted molar refractivity (Wildman–Crippen MR) is 143 cm³/mol. The second kappa shape index (κ2) is 12.0. The molecule has 8 nitrogen and oxygen atoms in total. The van der Waals surface area contributed by atoms with Gasteiger partial charge in [-0.2, -0.15) is 0 Å². The zero-order valence-corrected chi connectivity index (χ0v) is 22.7. The van der Waals surface area contributed by atoms with E-state index in [2.05, 4.69) is 9.88 Å². The molecule has 37 heavy (non-hydrogen) atoms. The van der Waals surface area contributed by atoms with Gasteiger partial charge in [-0.1, -0.05) is 42.5 Å². The van der Waals surface area contributed by atoms with Gasteiger partial charge >= 0.3 is 0 Å². The first-order chi connectivity index (χ1) is 17.8. The smallest absolute Gasteiger partial charge is 0.254 e. The van der Waals surface area contributed by atoms with Gasteiger partial charge in [-0.25, -0.2) is 13.4 Å². The van der Waals surface area contributed by atoms with Crippen LogP contribution in [0.1, 0.15) is 47.1 Å². The first-order valence-electron chi connectivity index (χ1n) is 12.7. The average molecular weight is 525 g/mol. The van der Waals surface area contributed by atoms with Gasteiger partial charge in [-0.3, -0.25) is 9.69 Å². The second-order valence-electron chi connectivity index (χ2n) is 9.73. The number of carbonyl (C=O) groups excluding carboxylic acids is 1. The summed E-state index contributed by atoms with van der Waals surface area (Å²) >= 11 is 0. The third-order valence-electron chi connectivity index (χ3n) is 6.69. The Balaban J connectivity index is 1.62. The maximum absolute atomic E-state index is 13.5. The van der Waals surface area contributed by atoms with E-state index in [4.69, 9.17) is 4.74 Å². The number of hydrogen-bond donors (Lipinski definition) is 0. The van der Waals surface area contributed by atoms with E-state index in [1.807, 2.05) is 75.4 Å². The van der Waals surface area contributed by atoms with Crippen molar-refractivity contribution in [2.45, 2.75) is 44.3 Å². The molecule has 0 bridgehead atoms. The molecule has 0 atom stereocenters. The van der Waals surface area contributed by atoms with E-state index >= 15 is 0 Å². The van der Waals surface area contributed by atoms with Crippen LogP contribution in [0.4, 0.5) is 0 Å². The number of nitrogens with zero attached hydrogens (tertiary/aromatic N) is 4. The van der Waals surface area contributed by atoms with Gasteiger partial charge in [0.05, 0.1) is 37.4 Å². The second-order valence-corrected chi connectivity index (χ2v) is 11.6. The molecule has 1 aromatic heterocycles. The molecule has 0 radical (unpaired) electrons. The summed E-state index contributed by atoms with van der Waals surface area (Å²) in [6.45, 7) is 10.3. The summed E-state index contributed by atoms with van der Waals surface area (Å²) in [5, 5.41) is 0.0426. The van der Waals surface area contributed by atoms with Crippen LogP contribution in [-0.2, 0) is 26.9 Å². The number of morpholine rings is 1. The largest absolute Gasteiger partial charge is 0.379 e. The van der Waals surface area contributed by atoms with Crippen LogP contribution >= 0.6 is 0 Å². The number of hydrogen-bond acceptors (Lipinski definition) is 6. The van der Waals surface area contributed by atoms with Crippen molar-refractivity contribution in [3.8, 4) is 0 Å². The minimum atomic E-state index is -3.70. The number of sulfone groups is 1. The van der Waals surface area contributed by atoms with E-state index in [-0.39, 0.29) is 29.4 Å². The zero-order valence-electron chi connectivity index (χ0n) is 21.8. The molecule has 0 N–H and O–H groups in total. The highest BCUT2D eigenvalue weighted by Gasteiger charge is 2.28. The third kappa shape index (κ3) is 6.66. The standard InChI is InChI=1S/C28H36N4O4S/c1-22(2)32-26(19-29-28(32)37(34,35)21-25-12-8-7-9-23(25)3)20-31(14-13-30-15-17-36-18-16-30)27(33)24-10-5-4-6-11-24/h4-12,19,22H,13-18,20-21H2,1-3H3. The number of rotatable bonds is 10. The molecular formula is C28H36N4O4S. The molecule has 9 heteroatoms. The molecule has 2 heterocycles. The molecule has 1 amide bonds. The summed E-state index contributed by atoms with van der Waals surface area (Å²) in [7, 11) is -3.70. The maximum atomic E-state index is 13.5. The highest BCUT2D eigenvalue weighted by Crippen LogP contribution is 2.24. The number of carbonyl (C=O) groups is 1. The van der Waals surface area contributed by atoms with Crippen LogP contribution in [0, 0.1) is 6.92 Å². The number of aryl methyl sites for hydroxylation is 1. The van der Waals surface area contributed by atoms with E-state index < -0.39 is 9.84 Å². The Morgan fingerprint density at radius 2 is 1.73 bits per heavy atom. The van der Waals surface area contributed by atoms with Gasteiger partial charge < -0.3 is 14.2 Å². The molecule has 0 saturated carbocycles. The Hall–Kier alpha value is -3.01. The van der Waals surface area contributed by atoms with Gasteiger partial charge in [0.15, 0.2) is 0 Å². The molecule has 1 aliphatic rings. The topological polar surface area (TPSA) is 84.7 Å². The Morgan fingerprint density at radius 1 is 1.05 bits per heavy atom. The molecule has 4 rings (SSSR count). The van der Waals surface area contributed by atoms with Crippen molar-refractivity contribution >= 4 is 15.7 Å². The van der Waals surface area contributed by atoms with Crippen LogP contribution in [0.5, 0.6) is 0 Å². The molecule has 0 unspecified atom stereocenters. The predicted octanol–water partition coefficient (Wildman–Crippen LogP) is 3.72. The Kier molecular flexibility index (Phi) is 8.79. The highest BCUT2D eigenvalue weighted by atomic mass is 32.2. The van der Waals surface area contributed by atoms with Gasteiger partial charge in [0.1, 0.15) is 0 Å². The highest BCUT2D eigenvalue weighted by molar-refractivity contribution is 7.90. The number of ether oxygens (including phenoxy) is 1. The first kappa shape index (κ1) is 27.0. The molecule has 198 valence electrons. The third-order valence-corrected chi connectivity index (χ3v) is 8.24. The summed E-state index contributed by atoms with van der Waals surface area (Å²) in [6, 6.07) is 16.5. The minimum Gasteiger partial charge on any atom is -0.379 e. The Labute approximate surface area is 219 Å². The van der Waals surface area contributed by atoms with E-state index in [1.54, 1.807) is 15.7 Å². The monoisotopic (exact) mass is 524 g/mol. The van der Waals surface area contributed by atoms with Crippen LogP contribution in [0.25, 0.3) is 0 Å². The minimum absolute atomic E-state index is 0.0426. The summed E-state index contributed by atoms with van der Waals surface area (Å²) < 4.78 is 34.2. The van der Waals surface area contributed by atoms with Crippen molar-refractivity contribution in [2.24, 2.45) is 0 Å². The van der Waals surface area contributed by atoms with E-state index in [1.165, 1.54) is 0 Å². The fraction of sp³-hybridized carbons (Fsp3) is 0.429. The van der Waals surface area contributed by atoms with Crippen LogP contribution in [0.2, 0.25) is 0 Å². The molecule has 3 aromatic rings. The summed E-state index contributed by atoms with van der Waals surface area (Å²) in [5.41, 5.74) is 2.99. The van der Waals surface area contributed by atoms with Crippen molar-refractivity contribution in [2.75, 3.05) is 39.4 Å². The van der Waals surface area contributed by atoms with Crippen LogP contribution < -0.4 is 0 Å². The van der Waals surface area contributed by atoms with Gasteiger partial charge in [0.2, 0.25) is 15.0 Å². The summed E-state index contributed by atoms with van der Waals surface area (Å²) in [4.78, 5) is 22.0. The van der Waals surface area contributed by atoms with Crippen LogP contribution in [-0.4, -0.2) is 73.1 Å². The molecular weight excluding hydrogens is 488 g/mol. The fourth-order valence-corrected chi connectivity index (χ4v) is 6.32. The first-order valence-corrected chi connectivity index (χ1v) is 14.4. The van der Waals surface area contributed by atoms with Crippen molar-refractivity contribution in [1.29, 1.82) is 0 Å². The maximum Gasteiger partial charge on any atom is 0.254 e. The number of imidazole rings is 1. The van der Waals surface area contributed by atoms with E-state index in [0.29, 0.717) is 31.0 Å². The normalized spacial score (nSPS) is 14.7. The zero-order chi connectivity index (χ0) is 26.4. The molecule has 1 fully saturated rings. The van der Waals surface area contributed by atoms with Crippen molar-refractivity contribution in [3.05, 3.63) is 83.2 Å². The Bertz CT molecular complexity index is 1300. The lowest BCUT2D eigenvalue weighted by molar-refractivity contribution is 0.0319. The summed E-state index contributed by atoms with van der Waals surface area (Å²) in [5.74, 6) is -0.207. The number of benzene rings is 2. The fourth-order valence-electron chi connectivity index (χ4n) is 4.62. The Morgan fingerprint density at radius 3 is 2.41 bits per heavy atom. The molecule has 2 aromatic carbocycles. The molecule has 0 aliphatic carbocycles. The van der Waals surface area contributed by atoms with Gasteiger partial charge in [0.25, 0.3) is 5.91 Å². The van der Waals surface area contributed by atoms with Crippen LogP contribution in [0.3, 0.4) is 0 Å². The quantitative estimate of drug-likeness (QED) is 0.402. The molecule has 0 spiro atoms. The van der Waals surface area contributed by atoms with E-state index in [0.717, 1.165) is 30.8 Å². The average Bonchev–Trinajstić information content (AvgIpc) is 3.33.